The van der Waals surface area contributed by atoms with E-state index in [9.17, 15) is 15.0 Å². The van der Waals surface area contributed by atoms with Gasteiger partial charge < -0.3 is 21.3 Å². The van der Waals surface area contributed by atoms with Gasteiger partial charge in [0.15, 0.2) is 0 Å². The van der Waals surface area contributed by atoms with Gasteiger partial charge in [-0.25, -0.2) is 0 Å². The third-order valence-electron chi connectivity index (χ3n) is 9.82. The van der Waals surface area contributed by atoms with Crippen LogP contribution >= 0.6 is 0 Å². The first-order valence-corrected chi connectivity index (χ1v) is 11.6. The molecule has 1 amide bonds. The van der Waals surface area contributed by atoms with Gasteiger partial charge in [-0.15, -0.1) is 0 Å². The molecule has 160 valence electrons. The van der Waals surface area contributed by atoms with Gasteiger partial charge in [0, 0.05) is 6.04 Å². The topological polar surface area (TPSA) is 95.6 Å². The van der Waals surface area contributed by atoms with Crippen molar-refractivity contribution in [2.75, 3.05) is 6.54 Å². The van der Waals surface area contributed by atoms with E-state index < -0.39 is 0 Å². The zero-order valence-electron chi connectivity index (χ0n) is 17.9. The van der Waals surface area contributed by atoms with E-state index in [0.29, 0.717) is 29.6 Å². The number of fused-ring (bicyclic) bond motifs is 5. The summed E-state index contributed by atoms with van der Waals surface area (Å²) < 4.78 is 0. The minimum absolute atomic E-state index is 0.0378. The van der Waals surface area contributed by atoms with E-state index in [-0.39, 0.29) is 41.5 Å². The van der Waals surface area contributed by atoms with Crippen molar-refractivity contribution in [3.8, 4) is 0 Å². The summed E-state index contributed by atoms with van der Waals surface area (Å²) in [6.07, 6.45) is 7.99. The minimum Gasteiger partial charge on any atom is -0.393 e. The maximum absolute atomic E-state index is 11.9. The first-order chi connectivity index (χ1) is 13.2. The smallest absolute Gasteiger partial charge is 0.233 e. The van der Waals surface area contributed by atoms with Crippen LogP contribution < -0.4 is 11.1 Å². The molecule has 0 aromatic heterocycles. The Kier molecular flexibility index (Phi) is 5.33. The van der Waals surface area contributed by atoms with Crippen LogP contribution in [0.1, 0.15) is 72.1 Å². The number of rotatable bonds is 3. The lowest BCUT2D eigenvalue weighted by Gasteiger charge is -2.62. The average Bonchev–Trinajstić information content (AvgIpc) is 2.98. The molecule has 0 aliphatic heterocycles. The van der Waals surface area contributed by atoms with E-state index in [1.54, 1.807) is 0 Å². The number of carbonyl (C=O) groups is 1. The van der Waals surface area contributed by atoms with E-state index in [0.717, 1.165) is 32.1 Å². The Morgan fingerprint density at radius 1 is 1.14 bits per heavy atom. The van der Waals surface area contributed by atoms with Gasteiger partial charge in [0.05, 0.1) is 18.8 Å². The normalized spacial score (nSPS) is 51.6. The van der Waals surface area contributed by atoms with E-state index in [1.165, 1.54) is 19.3 Å². The molecule has 0 radical (unpaired) electrons. The highest BCUT2D eigenvalue weighted by Gasteiger charge is 2.63. The molecule has 0 bridgehead atoms. The Morgan fingerprint density at radius 2 is 1.89 bits per heavy atom. The van der Waals surface area contributed by atoms with Gasteiger partial charge in [-0.3, -0.25) is 4.79 Å². The predicted molar refractivity (Wildman–Crippen MR) is 109 cm³/mol. The summed E-state index contributed by atoms with van der Waals surface area (Å²) in [4.78, 5) is 11.9. The summed E-state index contributed by atoms with van der Waals surface area (Å²) in [6, 6.07) is 0.103. The van der Waals surface area contributed by atoms with Gasteiger partial charge >= 0.3 is 0 Å². The minimum atomic E-state index is -0.271. The molecular formula is C23H40N2O3. The van der Waals surface area contributed by atoms with Crippen molar-refractivity contribution in [2.45, 2.75) is 90.4 Å². The first kappa shape index (κ1) is 20.6. The molecule has 4 fully saturated rings. The van der Waals surface area contributed by atoms with Crippen LogP contribution in [0.4, 0.5) is 0 Å². The van der Waals surface area contributed by atoms with Crippen molar-refractivity contribution >= 4 is 5.91 Å². The number of amides is 1. The highest BCUT2D eigenvalue weighted by Crippen LogP contribution is 2.67. The monoisotopic (exact) mass is 392 g/mol. The van der Waals surface area contributed by atoms with Crippen LogP contribution in [0, 0.1) is 40.4 Å². The van der Waals surface area contributed by atoms with Crippen LogP contribution in [-0.2, 0) is 4.79 Å². The number of hydrogen-bond acceptors (Lipinski definition) is 4. The number of carbonyl (C=O) groups excluding carboxylic acids is 1. The summed E-state index contributed by atoms with van der Waals surface area (Å²) in [5, 5.41) is 24.7. The van der Waals surface area contributed by atoms with Crippen LogP contribution in [0.5, 0.6) is 0 Å². The van der Waals surface area contributed by atoms with Gasteiger partial charge in [-0.05, 0) is 98.7 Å². The molecule has 4 aliphatic rings. The molecule has 4 rings (SSSR count). The summed E-state index contributed by atoms with van der Waals surface area (Å²) in [5.74, 6) is 2.45. The molecule has 5 unspecified atom stereocenters. The third kappa shape index (κ3) is 3.04. The lowest BCUT2D eigenvalue weighted by molar-refractivity contribution is -0.178. The largest absolute Gasteiger partial charge is 0.393 e. The lowest BCUT2D eigenvalue weighted by atomic mass is 9.43. The lowest BCUT2D eigenvalue weighted by Crippen LogP contribution is -2.60. The van der Waals surface area contributed by atoms with E-state index >= 15 is 0 Å². The quantitative estimate of drug-likeness (QED) is 0.593. The van der Waals surface area contributed by atoms with Crippen LogP contribution in [0.25, 0.3) is 0 Å². The fraction of sp³-hybridized carbons (Fsp3) is 0.957. The molecule has 0 aromatic rings. The zero-order chi connectivity index (χ0) is 20.3. The Morgan fingerprint density at radius 3 is 2.61 bits per heavy atom. The predicted octanol–water partition coefficient (Wildman–Crippen LogP) is 2.44. The number of aliphatic hydroxyl groups is 2. The fourth-order valence-electron chi connectivity index (χ4n) is 8.63. The number of aliphatic hydroxyl groups excluding tert-OH is 2. The molecular weight excluding hydrogens is 352 g/mol. The van der Waals surface area contributed by atoms with Crippen LogP contribution in [-0.4, -0.2) is 40.9 Å². The van der Waals surface area contributed by atoms with Crippen molar-refractivity contribution in [2.24, 2.45) is 46.2 Å². The number of nitrogens with two attached hydrogens (primary N) is 1. The second kappa shape index (κ2) is 7.24. The molecule has 0 saturated heterocycles. The molecule has 0 spiro atoms. The SMILES string of the molecule is CC(NC(=O)CN)[C@H]1CCC2C3CCC4C[C@@H](O)CC[C@]4(C)C3[C@@H](O)C[C@@]21C. The number of nitrogens with one attached hydrogen (secondary N) is 1. The van der Waals surface area contributed by atoms with Crippen molar-refractivity contribution in [1.29, 1.82) is 0 Å². The summed E-state index contributed by atoms with van der Waals surface area (Å²) in [6.45, 7) is 6.93. The Bertz CT molecular complexity index is 613. The second-order valence-electron chi connectivity index (χ2n) is 11.0. The third-order valence-corrected chi connectivity index (χ3v) is 9.82. The fourth-order valence-corrected chi connectivity index (χ4v) is 8.63. The summed E-state index contributed by atoms with van der Waals surface area (Å²) >= 11 is 0. The van der Waals surface area contributed by atoms with Crippen LogP contribution in [0.15, 0.2) is 0 Å². The molecule has 0 aromatic carbocycles. The average molecular weight is 393 g/mol. The van der Waals surface area contributed by atoms with E-state index in [1.807, 2.05) is 0 Å². The Labute approximate surface area is 169 Å². The Balaban J connectivity index is 1.58. The standard InChI is InChI=1S/C23H40N2O3/c1-13(25-20(28)12-24)17-6-7-18-16-5-4-14-10-15(26)8-9-22(14,2)21(16)19(27)11-23(17,18)3/h13-19,21,26-27H,4-12,24H2,1-3H3,(H,25,28)/t13?,14?,15-,16?,17+,18?,19-,21?,22-,23+/m0/s1. The van der Waals surface area contributed by atoms with Gasteiger partial charge in [0.25, 0.3) is 0 Å². The Hall–Kier alpha value is -0.650. The highest BCUT2D eigenvalue weighted by molar-refractivity contribution is 5.78. The summed E-state index contributed by atoms with van der Waals surface area (Å²) in [7, 11) is 0. The molecule has 10 atom stereocenters. The second-order valence-corrected chi connectivity index (χ2v) is 11.0. The van der Waals surface area contributed by atoms with Crippen molar-refractivity contribution < 1.29 is 15.0 Å². The molecule has 4 saturated carbocycles. The molecule has 0 heterocycles. The molecule has 5 nitrogen and oxygen atoms in total. The van der Waals surface area contributed by atoms with E-state index in [2.05, 4.69) is 26.1 Å². The van der Waals surface area contributed by atoms with Crippen LogP contribution in [0.3, 0.4) is 0 Å². The maximum atomic E-state index is 11.9. The number of hydrogen-bond donors (Lipinski definition) is 4. The summed E-state index contributed by atoms with van der Waals surface area (Å²) in [5.41, 5.74) is 5.76. The van der Waals surface area contributed by atoms with Crippen molar-refractivity contribution in [3.63, 3.8) is 0 Å². The van der Waals surface area contributed by atoms with Gasteiger partial charge in [-0.1, -0.05) is 13.8 Å². The van der Waals surface area contributed by atoms with Crippen LogP contribution in [0.2, 0.25) is 0 Å². The van der Waals surface area contributed by atoms with Gasteiger partial charge in [0.2, 0.25) is 5.91 Å². The van der Waals surface area contributed by atoms with Gasteiger partial charge in [0.1, 0.15) is 0 Å². The maximum Gasteiger partial charge on any atom is 0.233 e. The first-order valence-electron chi connectivity index (χ1n) is 11.6. The van der Waals surface area contributed by atoms with Crippen molar-refractivity contribution in [1.82, 2.24) is 5.32 Å². The highest BCUT2D eigenvalue weighted by atomic mass is 16.3. The van der Waals surface area contributed by atoms with Gasteiger partial charge in [-0.2, -0.15) is 0 Å². The van der Waals surface area contributed by atoms with Crippen molar-refractivity contribution in [3.05, 3.63) is 0 Å². The zero-order valence-corrected chi connectivity index (χ0v) is 17.9. The molecule has 4 aliphatic carbocycles. The molecule has 5 heteroatoms. The molecule has 28 heavy (non-hydrogen) atoms. The van der Waals surface area contributed by atoms with E-state index in [4.69, 9.17) is 5.73 Å². The molecule has 5 N–H and O–H groups in total.